The van der Waals surface area contributed by atoms with E-state index in [2.05, 4.69) is 52.4 Å². The summed E-state index contributed by atoms with van der Waals surface area (Å²) in [5, 5.41) is 3.20. The van der Waals surface area contributed by atoms with E-state index >= 15 is 0 Å². The van der Waals surface area contributed by atoms with Gasteiger partial charge in [-0.25, -0.2) is 0 Å². The largest absolute Gasteiger partial charge is 0.497 e. The molecule has 1 aliphatic heterocycles. The number of ether oxygens (including phenoxy) is 1. The van der Waals surface area contributed by atoms with Crippen molar-refractivity contribution in [3.63, 3.8) is 0 Å². The number of methoxy groups -OCH3 is 1. The summed E-state index contributed by atoms with van der Waals surface area (Å²) in [6, 6.07) is 15.0. The molecule has 1 heterocycles. The Balaban J connectivity index is 1.26. The van der Waals surface area contributed by atoms with E-state index in [1.54, 1.807) is 7.11 Å². The third kappa shape index (κ3) is 4.96. The van der Waals surface area contributed by atoms with Crippen molar-refractivity contribution in [2.24, 2.45) is 0 Å². The first-order valence-corrected chi connectivity index (χ1v) is 11.1. The molecule has 1 amide bonds. The van der Waals surface area contributed by atoms with Gasteiger partial charge >= 0.3 is 0 Å². The lowest BCUT2D eigenvalue weighted by Crippen LogP contribution is -2.49. The molecule has 1 N–H and O–H groups in total. The number of hydrogen-bond acceptors (Lipinski definition) is 4. The average Bonchev–Trinajstić information content (AvgIpc) is 2.79. The van der Waals surface area contributed by atoms with Crippen LogP contribution in [0.15, 0.2) is 42.5 Å². The Kier molecular flexibility index (Phi) is 6.58. The van der Waals surface area contributed by atoms with Gasteiger partial charge in [0.15, 0.2) is 0 Å². The third-order valence-electron chi connectivity index (χ3n) is 6.41. The van der Waals surface area contributed by atoms with Crippen LogP contribution in [-0.4, -0.2) is 50.6 Å². The number of rotatable bonds is 6. The first kappa shape index (κ1) is 20.7. The molecule has 0 radical (unpaired) electrons. The quantitative estimate of drug-likeness (QED) is 0.795. The fourth-order valence-corrected chi connectivity index (χ4v) is 4.57. The molecule has 5 heteroatoms. The molecular formula is C25H33N3O2. The second-order valence-corrected chi connectivity index (χ2v) is 8.49. The summed E-state index contributed by atoms with van der Waals surface area (Å²) >= 11 is 0. The summed E-state index contributed by atoms with van der Waals surface area (Å²) in [4.78, 5) is 17.2. The van der Waals surface area contributed by atoms with Crippen LogP contribution >= 0.6 is 0 Å². The van der Waals surface area contributed by atoms with Gasteiger partial charge in [0.2, 0.25) is 5.91 Å². The minimum atomic E-state index is 0.0443. The number of amides is 1. The second kappa shape index (κ2) is 9.52. The first-order valence-electron chi connectivity index (χ1n) is 11.1. The van der Waals surface area contributed by atoms with Crippen LogP contribution in [0.4, 0.5) is 5.69 Å². The Hall–Kier alpha value is -2.53. The molecule has 0 spiro atoms. The predicted octanol–water partition coefficient (Wildman–Crippen LogP) is 3.57. The Morgan fingerprint density at radius 1 is 1.03 bits per heavy atom. The Morgan fingerprint density at radius 3 is 2.57 bits per heavy atom. The van der Waals surface area contributed by atoms with Gasteiger partial charge in [0.05, 0.1) is 19.7 Å². The van der Waals surface area contributed by atoms with Crippen molar-refractivity contribution < 1.29 is 9.53 Å². The van der Waals surface area contributed by atoms with E-state index in [9.17, 15) is 4.79 Å². The topological polar surface area (TPSA) is 44.8 Å². The summed E-state index contributed by atoms with van der Waals surface area (Å²) in [6.45, 7) is 6.15. The molecule has 0 saturated carbocycles. The van der Waals surface area contributed by atoms with Gasteiger partial charge in [-0.2, -0.15) is 0 Å². The smallest absolute Gasteiger partial charge is 0.234 e. The van der Waals surface area contributed by atoms with E-state index in [0.717, 1.165) is 31.9 Å². The van der Waals surface area contributed by atoms with Crippen LogP contribution in [-0.2, 0) is 17.6 Å². The lowest BCUT2D eigenvalue weighted by Gasteiger charge is -2.36. The van der Waals surface area contributed by atoms with E-state index in [1.165, 1.54) is 48.1 Å². The summed E-state index contributed by atoms with van der Waals surface area (Å²) in [5.41, 5.74) is 5.34. The van der Waals surface area contributed by atoms with Crippen LogP contribution < -0.4 is 15.0 Å². The van der Waals surface area contributed by atoms with Crippen LogP contribution in [0.3, 0.4) is 0 Å². The standard InChI is InChI=1S/C25H33N3O2/c1-19(21-11-10-20-6-3-4-7-22(20)16-21)26-25(29)18-27-12-14-28(15-13-27)23-8-5-9-24(17-23)30-2/h5,8-11,16-17,19H,3-4,6-7,12-15,18H2,1-2H3,(H,26,29)/t19-/m0/s1. The van der Waals surface area contributed by atoms with Crippen LogP contribution in [0.2, 0.25) is 0 Å². The van der Waals surface area contributed by atoms with Crippen LogP contribution in [0, 0.1) is 0 Å². The van der Waals surface area contributed by atoms with E-state index < -0.39 is 0 Å². The Labute approximate surface area is 180 Å². The van der Waals surface area contributed by atoms with Gasteiger partial charge in [-0.05, 0) is 61.4 Å². The molecular weight excluding hydrogens is 374 g/mol. The number of fused-ring (bicyclic) bond motifs is 1. The zero-order valence-electron chi connectivity index (χ0n) is 18.2. The SMILES string of the molecule is COc1cccc(N2CCN(CC(=O)N[C@@H](C)c3ccc4c(c3)CCCC4)CC2)c1. The van der Waals surface area contributed by atoms with Crippen molar-refractivity contribution in [2.75, 3.05) is 44.7 Å². The number of hydrogen-bond donors (Lipinski definition) is 1. The van der Waals surface area contributed by atoms with Gasteiger partial charge in [0, 0.05) is 37.9 Å². The van der Waals surface area contributed by atoms with Gasteiger partial charge in [0.1, 0.15) is 5.75 Å². The van der Waals surface area contributed by atoms with Crippen molar-refractivity contribution in [1.29, 1.82) is 0 Å². The highest BCUT2D eigenvalue weighted by Crippen LogP contribution is 2.25. The predicted molar refractivity (Wildman–Crippen MR) is 121 cm³/mol. The zero-order chi connectivity index (χ0) is 20.9. The van der Waals surface area contributed by atoms with E-state index in [0.29, 0.717) is 6.54 Å². The Bertz CT molecular complexity index is 874. The van der Waals surface area contributed by atoms with Crippen LogP contribution in [0.1, 0.15) is 42.5 Å². The lowest BCUT2D eigenvalue weighted by molar-refractivity contribution is -0.123. The molecule has 2 aliphatic rings. The summed E-state index contributed by atoms with van der Waals surface area (Å²) in [6.07, 6.45) is 4.93. The summed E-state index contributed by atoms with van der Waals surface area (Å²) in [5.74, 6) is 0.987. The van der Waals surface area contributed by atoms with Crippen molar-refractivity contribution in [1.82, 2.24) is 10.2 Å². The molecule has 4 rings (SSSR count). The number of nitrogens with one attached hydrogen (secondary N) is 1. The van der Waals surface area contributed by atoms with Gasteiger partial charge in [0.25, 0.3) is 0 Å². The number of aryl methyl sites for hydroxylation is 2. The maximum Gasteiger partial charge on any atom is 0.234 e. The number of anilines is 1. The van der Waals surface area contributed by atoms with Gasteiger partial charge in [-0.3, -0.25) is 9.69 Å². The highest BCUT2D eigenvalue weighted by Gasteiger charge is 2.21. The van der Waals surface area contributed by atoms with E-state index in [-0.39, 0.29) is 11.9 Å². The highest BCUT2D eigenvalue weighted by atomic mass is 16.5. The van der Waals surface area contributed by atoms with Crippen molar-refractivity contribution >= 4 is 11.6 Å². The number of carbonyl (C=O) groups is 1. The maximum atomic E-state index is 12.6. The van der Waals surface area contributed by atoms with Crippen molar-refractivity contribution in [3.8, 4) is 5.75 Å². The highest BCUT2D eigenvalue weighted by molar-refractivity contribution is 5.78. The Morgan fingerprint density at radius 2 is 1.80 bits per heavy atom. The minimum absolute atomic E-state index is 0.0443. The van der Waals surface area contributed by atoms with Crippen molar-refractivity contribution in [3.05, 3.63) is 59.2 Å². The van der Waals surface area contributed by atoms with Crippen LogP contribution in [0.25, 0.3) is 0 Å². The van der Waals surface area contributed by atoms with E-state index in [4.69, 9.17) is 4.74 Å². The number of carbonyl (C=O) groups excluding carboxylic acids is 1. The molecule has 0 aromatic heterocycles. The number of nitrogens with zero attached hydrogens (tertiary/aromatic N) is 2. The molecule has 1 atom stereocenters. The van der Waals surface area contributed by atoms with E-state index in [1.807, 2.05) is 12.1 Å². The molecule has 0 bridgehead atoms. The van der Waals surface area contributed by atoms with Gasteiger partial charge in [-0.15, -0.1) is 0 Å². The van der Waals surface area contributed by atoms with Gasteiger partial charge < -0.3 is 15.0 Å². The number of piperazine rings is 1. The van der Waals surface area contributed by atoms with Crippen molar-refractivity contribution in [2.45, 2.75) is 38.6 Å². The monoisotopic (exact) mass is 407 g/mol. The van der Waals surface area contributed by atoms with Gasteiger partial charge in [-0.1, -0.05) is 24.3 Å². The second-order valence-electron chi connectivity index (χ2n) is 8.49. The number of benzene rings is 2. The average molecular weight is 408 g/mol. The fraction of sp³-hybridized carbons (Fsp3) is 0.480. The summed E-state index contributed by atoms with van der Waals surface area (Å²) < 4.78 is 5.33. The normalized spacial score (nSPS) is 17.9. The molecule has 1 fully saturated rings. The summed E-state index contributed by atoms with van der Waals surface area (Å²) in [7, 11) is 1.70. The first-order chi connectivity index (χ1) is 14.6. The molecule has 160 valence electrons. The lowest BCUT2D eigenvalue weighted by atomic mass is 9.89. The molecule has 1 saturated heterocycles. The molecule has 1 aliphatic carbocycles. The minimum Gasteiger partial charge on any atom is -0.497 e. The third-order valence-corrected chi connectivity index (χ3v) is 6.41. The zero-order valence-corrected chi connectivity index (χ0v) is 18.2. The molecule has 30 heavy (non-hydrogen) atoms. The maximum absolute atomic E-state index is 12.6. The van der Waals surface area contributed by atoms with Crippen LogP contribution in [0.5, 0.6) is 5.75 Å². The molecule has 2 aromatic rings. The fourth-order valence-electron chi connectivity index (χ4n) is 4.57. The molecule has 2 aromatic carbocycles. The molecule has 0 unspecified atom stereocenters. The molecule has 5 nitrogen and oxygen atoms in total.